The second kappa shape index (κ2) is 8.01. The molecule has 2 aromatic heterocycles. The van der Waals surface area contributed by atoms with Crippen molar-refractivity contribution in [2.24, 2.45) is 0 Å². The van der Waals surface area contributed by atoms with E-state index in [1.165, 1.54) is 22.5 Å². The third-order valence-electron chi connectivity index (χ3n) is 5.38. The Bertz CT molecular complexity index is 1190. The van der Waals surface area contributed by atoms with Crippen molar-refractivity contribution in [3.8, 4) is 10.4 Å². The Hall–Kier alpha value is -3.02. The normalized spacial score (nSPS) is 13.2. The largest absolute Gasteiger partial charge is 0.301 e. The molecule has 30 heavy (non-hydrogen) atoms. The maximum atomic E-state index is 13.5. The van der Waals surface area contributed by atoms with Crippen LogP contribution in [0.1, 0.15) is 28.2 Å². The third-order valence-corrected chi connectivity index (χ3v) is 6.55. The van der Waals surface area contributed by atoms with Gasteiger partial charge >= 0.3 is 0 Å². The van der Waals surface area contributed by atoms with E-state index in [4.69, 9.17) is 11.6 Å². The molecule has 4 aromatic rings. The second-order valence-electron chi connectivity index (χ2n) is 7.24. The van der Waals surface area contributed by atoms with E-state index in [0.717, 1.165) is 34.4 Å². The topological polar surface area (TPSA) is 54.9 Å². The number of anilines is 1. The summed E-state index contributed by atoms with van der Waals surface area (Å²) in [5, 5.41) is 4.17. The second-order valence-corrected chi connectivity index (χ2v) is 8.71. The number of nitrogens with zero attached hydrogens (tertiary/aromatic N) is 2. The number of hydrogen-bond acceptors (Lipinski definition) is 4. The molecule has 0 unspecified atom stereocenters. The van der Waals surface area contributed by atoms with Crippen LogP contribution in [0.2, 0.25) is 5.02 Å². The molecule has 0 atom stereocenters. The molecule has 0 aliphatic heterocycles. The average Bonchev–Trinajstić information content (AvgIpc) is 3.15. The zero-order valence-electron chi connectivity index (χ0n) is 16.0. The number of pyridine rings is 1. The number of carbonyl (C=O) groups is 1. The molecule has 4 nitrogen and oxygen atoms in total. The summed E-state index contributed by atoms with van der Waals surface area (Å²) in [7, 11) is 0. The number of aromatic nitrogens is 2. The van der Waals surface area contributed by atoms with Crippen molar-refractivity contribution in [3.63, 3.8) is 0 Å². The lowest BCUT2D eigenvalue weighted by molar-refractivity contribution is -0.116. The molecule has 2 heterocycles. The van der Waals surface area contributed by atoms with Crippen LogP contribution in [0.25, 0.3) is 10.4 Å². The van der Waals surface area contributed by atoms with Gasteiger partial charge in [0, 0.05) is 24.2 Å². The molecule has 0 radical (unpaired) electrons. The minimum atomic E-state index is -0.361. The molecular formula is C24H18ClN3OS. The van der Waals surface area contributed by atoms with Crippen molar-refractivity contribution in [3.05, 3.63) is 100 Å². The van der Waals surface area contributed by atoms with Gasteiger partial charge in [0.1, 0.15) is 0 Å². The van der Waals surface area contributed by atoms with E-state index in [1.807, 2.05) is 30.3 Å². The fraction of sp³-hybridized carbons (Fsp3) is 0.125. The molecule has 6 heteroatoms. The number of amides is 1. The van der Waals surface area contributed by atoms with Crippen molar-refractivity contribution >= 4 is 34.0 Å². The highest BCUT2D eigenvalue weighted by atomic mass is 35.5. The molecule has 148 valence electrons. The van der Waals surface area contributed by atoms with Crippen LogP contribution in [0, 0.1) is 0 Å². The molecule has 2 aromatic carbocycles. The molecule has 1 N–H and O–H groups in total. The van der Waals surface area contributed by atoms with E-state index in [0.29, 0.717) is 10.2 Å². The molecular weight excluding hydrogens is 414 g/mol. The zero-order chi connectivity index (χ0) is 20.5. The fourth-order valence-corrected chi connectivity index (χ4v) is 4.97. The predicted octanol–water partition coefficient (Wildman–Crippen LogP) is 5.73. The molecule has 1 aliphatic rings. The Morgan fingerprint density at radius 1 is 0.967 bits per heavy atom. The first-order valence-corrected chi connectivity index (χ1v) is 10.9. The monoisotopic (exact) mass is 431 g/mol. The van der Waals surface area contributed by atoms with E-state index >= 15 is 0 Å². The van der Waals surface area contributed by atoms with Crippen LogP contribution in [0.4, 0.5) is 5.13 Å². The van der Waals surface area contributed by atoms with E-state index in [-0.39, 0.29) is 11.8 Å². The molecule has 0 fully saturated rings. The van der Waals surface area contributed by atoms with Gasteiger partial charge in [0.2, 0.25) is 5.91 Å². The van der Waals surface area contributed by atoms with Gasteiger partial charge in [-0.15, -0.1) is 0 Å². The van der Waals surface area contributed by atoms with Gasteiger partial charge in [-0.3, -0.25) is 9.78 Å². The van der Waals surface area contributed by atoms with Crippen LogP contribution in [-0.4, -0.2) is 15.9 Å². The summed E-state index contributed by atoms with van der Waals surface area (Å²) < 4.78 is 0. The van der Waals surface area contributed by atoms with E-state index in [2.05, 4.69) is 39.6 Å². The van der Waals surface area contributed by atoms with Crippen LogP contribution in [-0.2, 0) is 17.6 Å². The van der Waals surface area contributed by atoms with Crippen LogP contribution in [0.15, 0.2) is 73.2 Å². The first kappa shape index (κ1) is 19.0. The fourth-order valence-electron chi connectivity index (χ4n) is 4.00. The number of rotatable bonds is 3. The number of hydrogen-bond donors (Lipinski definition) is 1. The number of carbonyl (C=O) groups excluding carboxylic acids is 1. The number of benzene rings is 2. The Balaban J connectivity index is 1.48. The molecule has 0 bridgehead atoms. The number of nitrogens with one attached hydrogen (secondary N) is 1. The number of aryl methyl sites for hydroxylation is 2. The Kier molecular flexibility index (Phi) is 5.07. The minimum absolute atomic E-state index is 0.0677. The molecule has 1 aliphatic carbocycles. The summed E-state index contributed by atoms with van der Waals surface area (Å²) in [5.41, 5.74) is 5.45. The van der Waals surface area contributed by atoms with Gasteiger partial charge in [0.15, 0.2) is 5.13 Å². The quantitative estimate of drug-likeness (QED) is 0.450. The summed E-state index contributed by atoms with van der Waals surface area (Å²) in [6.07, 6.45) is 6.93. The van der Waals surface area contributed by atoms with Crippen LogP contribution >= 0.6 is 22.9 Å². The lowest BCUT2D eigenvalue weighted by Crippen LogP contribution is -2.23. The standard InChI is InChI=1S/C24H18ClN3OS/c25-18-11-17(12-26-13-18)21-14-27-24(30-21)28-23(29)22-19-7-3-1-5-15(19)9-10-16-6-2-4-8-20(16)22/h1-8,11-14,22H,9-10H2,(H,27,28,29). The molecule has 0 saturated heterocycles. The summed E-state index contributed by atoms with van der Waals surface area (Å²) in [6, 6.07) is 18.3. The van der Waals surface area contributed by atoms with Gasteiger partial charge in [0.25, 0.3) is 0 Å². The highest BCUT2D eigenvalue weighted by Gasteiger charge is 2.29. The molecule has 0 saturated carbocycles. The predicted molar refractivity (Wildman–Crippen MR) is 121 cm³/mol. The average molecular weight is 432 g/mol. The van der Waals surface area contributed by atoms with Gasteiger partial charge in [-0.05, 0) is 41.2 Å². The summed E-state index contributed by atoms with van der Waals surface area (Å²) in [4.78, 5) is 22.9. The number of thiazole rings is 1. The van der Waals surface area contributed by atoms with Gasteiger partial charge in [-0.1, -0.05) is 71.5 Å². The smallest absolute Gasteiger partial charge is 0.238 e. The maximum Gasteiger partial charge on any atom is 0.238 e. The molecule has 0 spiro atoms. The SMILES string of the molecule is O=C(Nc1ncc(-c2cncc(Cl)c2)s1)C1c2ccccc2CCc2ccccc21. The highest BCUT2D eigenvalue weighted by molar-refractivity contribution is 7.19. The first-order chi connectivity index (χ1) is 14.7. The molecule has 5 rings (SSSR count). The summed E-state index contributed by atoms with van der Waals surface area (Å²) in [6.45, 7) is 0. The first-order valence-electron chi connectivity index (χ1n) is 9.72. The van der Waals surface area contributed by atoms with Crippen molar-refractivity contribution < 1.29 is 4.79 Å². The summed E-state index contributed by atoms with van der Waals surface area (Å²) in [5.74, 6) is -0.429. The Morgan fingerprint density at radius 3 is 2.30 bits per heavy atom. The van der Waals surface area contributed by atoms with Crippen LogP contribution in [0.5, 0.6) is 0 Å². The van der Waals surface area contributed by atoms with Gasteiger partial charge < -0.3 is 5.32 Å². The van der Waals surface area contributed by atoms with Gasteiger partial charge in [0.05, 0.1) is 15.8 Å². The van der Waals surface area contributed by atoms with Crippen molar-refractivity contribution in [2.45, 2.75) is 18.8 Å². The van der Waals surface area contributed by atoms with E-state index in [1.54, 1.807) is 18.6 Å². The van der Waals surface area contributed by atoms with Crippen LogP contribution < -0.4 is 5.32 Å². The minimum Gasteiger partial charge on any atom is -0.301 e. The zero-order valence-corrected chi connectivity index (χ0v) is 17.6. The lowest BCUT2D eigenvalue weighted by Gasteiger charge is -2.19. The number of halogens is 1. The Morgan fingerprint density at radius 2 is 1.63 bits per heavy atom. The van der Waals surface area contributed by atoms with Gasteiger partial charge in [-0.2, -0.15) is 0 Å². The van der Waals surface area contributed by atoms with E-state index in [9.17, 15) is 4.79 Å². The molecule has 1 amide bonds. The van der Waals surface area contributed by atoms with Crippen molar-refractivity contribution in [1.29, 1.82) is 0 Å². The van der Waals surface area contributed by atoms with Gasteiger partial charge in [-0.25, -0.2) is 4.98 Å². The lowest BCUT2D eigenvalue weighted by atomic mass is 9.87. The number of fused-ring (bicyclic) bond motifs is 2. The van der Waals surface area contributed by atoms with Crippen LogP contribution in [0.3, 0.4) is 0 Å². The van der Waals surface area contributed by atoms with Crippen molar-refractivity contribution in [2.75, 3.05) is 5.32 Å². The Labute approximate surface area is 183 Å². The highest BCUT2D eigenvalue weighted by Crippen LogP contribution is 2.36. The van der Waals surface area contributed by atoms with Crippen molar-refractivity contribution in [1.82, 2.24) is 9.97 Å². The van der Waals surface area contributed by atoms with E-state index < -0.39 is 0 Å². The summed E-state index contributed by atoms with van der Waals surface area (Å²) >= 11 is 7.46. The maximum absolute atomic E-state index is 13.5. The third kappa shape index (κ3) is 3.62.